The minimum Gasteiger partial charge on any atom is -0.489 e. The normalized spacial score (nSPS) is 31.5. The largest absolute Gasteiger partial charge is 0.489 e. The fraction of sp³-hybridized carbons (Fsp3) is 0.654. The Morgan fingerprint density at radius 1 is 1.06 bits per heavy atom. The standard InChI is InChI=1S/C26H35N3O5/c1-33-18-7-5-16(6-8-18)14-27-21-3-2-4-23(21)34-19-9-10-20-17(13-19)15-29(26(20)32)22-11-12-24(30)28-25(22)31/h9-10,13,16,18,21-23,27H,2-8,11-12,14-15H2,1H3,(H,28,30,31)/t16-,18-,21-,22?,23-/m1/s1. The van der Waals surface area contributed by atoms with Gasteiger partial charge in [-0.15, -0.1) is 0 Å². The van der Waals surface area contributed by atoms with Gasteiger partial charge in [-0.05, 0) is 87.6 Å². The molecule has 1 unspecified atom stereocenters. The molecular formula is C26H35N3O5. The second kappa shape index (κ2) is 10.0. The molecule has 184 valence electrons. The molecule has 0 radical (unpaired) electrons. The Kier molecular flexibility index (Phi) is 6.88. The number of carbonyl (C=O) groups excluding carboxylic acids is 3. The number of rotatable bonds is 7. The third-order valence-electron chi connectivity index (χ3n) is 8.03. The van der Waals surface area contributed by atoms with E-state index >= 15 is 0 Å². The zero-order valence-electron chi connectivity index (χ0n) is 19.9. The number of hydrogen-bond acceptors (Lipinski definition) is 6. The van der Waals surface area contributed by atoms with E-state index in [1.165, 1.54) is 12.8 Å². The summed E-state index contributed by atoms with van der Waals surface area (Å²) in [4.78, 5) is 38.2. The van der Waals surface area contributed by atoms with Gasteiger partial charge in [0.2, 0.25) is 11.8 Å². The zero-order chi connectivity index (χ0) is 23.7. The number of benzene rings is 1. The summed E-state index contributed by atoms with van der Waals surface area (Å²) in [6, 6.07) is 5.37. The molecule has 2 aliphatic carbocycles. The molecule has 2 heterocycles. The average Bonchev–Trinajstić information content (AvgIpc) is 3.41. The molecule has 8 nitrogen and oxygen atoms in total. The Bertz CT molecular complexity index is 942. The van der Waals surface area contributed by atoms with Gasteiger partial charge < -0.3 is 19.7 Å². The number of methoxy groups -OCH3 is 1. The minimum absolute atomic E-state index is 0.122. The van der Waals surface area contributed by atoms with Gasteiger partial charge in [-0.1, -0.05) is 0 Å². The monoisotopic (exact) mass is 469 g/mol. The van der Waals surface area contributed by atoms with Gasteiger partial charge in [-0.2, -0.15) is 0 Å². The van der Waals surface area contributed by atoms with E-state index in [-0.39, 0.29) is 30.2 Å². The zero-order valence-corrected chi connectivity index (χ0v) is 19.9. The van der Waals surface area contributed by atoms with Crippen molar-refractivity contribution in [1.29, 1.82) is 0 Å². The number of nitrogens with zero attached hydrogens (tertiary/aromatic N) is 1. The quantitative estimate of drug-likeness (QED) is 0.596. The number of carbonyl (C=O) groups is 3. The van der Waals surface area contributed by atoms with E-state index in [9.17, 15) is 14.4 Å². The van der Waals surface area contributed by atoms with Crippen molar-refractivity contribution in [3.05, 3.63) is 29.3 Å². The lowest BCUT2D eigenvalue weighted by Gasteiger charge is -2.30. The molecule has 2 N–H and O–H groups in total. The first-order valence-corrected chi connectivity index (χ1v) is 12.7. The van der Waals surface area contributed by atoms with Crippen molar-refractivity contribution in [2.45, 2.75) is 88.6 Å². The Hall–Kier alpha value is -2.45. The van der Waals surface area contributed by atoms with E-state index in [1.54, 1.807) is 4.90 Å². The van der Waals surface area contributed by atoms with E-state index in [0.29, 0.717) is 36.6 Å². The van der Waals surface area contributed by atoms with Crippen LogP contribution in [0.15, 0.2) is 18.2 Å². The molecule has 3 atom stereocenters. The van der Waals surface area contributed by atoms with Crippen LogP contribution in [0.5, 0.6) is 5.75 Å². The third kappa shape index (κ3) is 4.84. The fourth-order valence-corrected chi connectivity index (χ4v) is 5.99. The van der Waals surface area contributed by atoms with Gasteiger partial charge in [0, 0.05) is 31.7 Å². The highest BCUT2D eigenvalue weighted by Gasteiger charge is 2.39. The number of amides is 3. The number of nitrogens with one attached hydrogen (secondary N) is 2. The predicted octanol–water partition coefficient (Wildman–Crippen LogP) is 2.54. The van der Waals surface area contributed by atoms with Crippen molar-refractivity contribution in [2.75, 3.05) is 13.7 Å². The molecule has 1 saturated heterocycles. The van der Waals surface area contributed by atoms with Crippen molar-refractivity contribution in [1.82, 2.24) is 15.5 Å². The van der Waals surface area contributed by atoms with Crippen LogP contribution >= 0.6 is 0 Å². The number of ether oxygens (including phenoxy) is 2. The number of fused-ring (bicyclic) bond motifs is 1. The van der Waals surface area contributed by atoms with E-state index in [4.69, 9.17) is 9.47 Å². The maximum atomic E-state index is 12.9. The smallest absolute Gasteiger partial charge is 0.255 e. The first kappa shape index (κ1) is 23.3. The van der Waals surface area contributed by atoms with Crippen LogP contribution in [0.2, 0.25) is 0 Å². The first-order chi connectivity index (χ1) is 16.5. The van der Waals surface area contributed by atoms with Crippen LogP contribution in [-0.4, -0.2) is 60.6 Å². The Balaban J connectivity index is 1.17. The summed E-state index contributed by atoms with van der Waals surface area (Å²) < 4.78 is 11.9. The summed E-state index contributed by atoms with van der Waals surface area (Å²) in [5.74, 6) is 0.667. The molecule has 3 amide bonds. The van der Waals surface area contributed by atoms with Gasteiger partial charge in [0.25, 0.3) is 5.91 Å². The van der Waals surface area contributed by atoms with Crippen molar-refractivity contribution in [2.24, 2.45) is 5.92 Å². The minimum atomic E-state index is -0.593. The summed E-state index contributed by atoms with van der Waals surface area (Å²) in [6.07, 6.45) is 9.19. The Morgan fingerprint density at radius 3 is 2.65 bits per heavy atom. The van der Waals surface area contributed by atoms with Crippen molar-refractivity contribution in [3.8, 4) is 5.75 Å². The summed E-state index contributed by atoms with van der Waals surface area (Å²) in [6.45, 7) is 1.40. The van der Waals surface area contributed by atoms with Gasteiger partial charge in [0.15, 0.2) is 0 Å². The number of piperidine rings is 1. The topological polar surface area (TPSA) is 97.0 Å². The van der Waals surface area contributed by atoms with Crippen LogP contribution < -0.4 is 15.4 Å². The molecule has 2 saturated carbocycles. The molecule has 4 aliphatic rings. The van der Waals surface area contributed by atoms with Crippen LogP contribution in [-0.2, 0) is 20.9 Å². The van der Waals surface area contributed by atoms with Crippen LogP contribution in [0.3, 0.4) is 0 Å². The second-order valence-electron chi connectivity index (χ2n) is 10.2. The van der Waals surface area contributed by atoms with E-state index in [2.05, 4.69) is 10.6 Å². The highest BCUT2D eigenvalue weighted by atomic mass is 16.5. The summed E-state index contributed by atoms with van der Waals surface area (Å²) in [7, 11) is 1.81. The molecule has 1 aromatic carbocycles. The maximum absolute atomic E-state index is 12.9. The van der Waals surface area contributed by atoms with Crippen molar-refractivity contribution < 1.29 is 23.9 Å². The molecule has 1 aromatic rings. The summed E-state index contributed by atoms with van der Waals surface area (Å²) >= 11 is 0. The van der Waals surface area contributed by atoms with Gasteiger partial charge in [-0.25, -0.2) is 0 Å². The average molecular weight is 470 g/mol. The maximum Gasteiger partial charge on any atom is 0.255 e. The molecule has 34 heavy (non-hydrogen) atoms. The molecule has 8 heteroatoms. The predicted molar refractivity (Wildman–Crippen MR) is 125 cm³/mol. The second-order valence-corrected chi connectivity index (χ2v) is 10.2. The lowest BCUT2D eigenvalue weighted by atomic mass is 9.87. The van der Waals surface area contributed by atoms with Crippen LogP contribution in [0.25, 0.3) is 0 Å². The summed E-state index contributed by atoms with van der Waals surface area (Å²) in [5, 5.41) is 6.12. The molecule has 3 fully saturated rings. The van der Waals surface area contributed by atoms with E-state index in [1.807, 2.05) is 25.3 Å². The highest BCUT2D eigenvalue weighted by molar-refractivity contribution is 6.05. The number of imide groups is 1. The molecule has 2 aliphatic heterocycles. The van der Waals surface area contributed by atoms with Crippen LogP contribution in [0, 0.1) is 5.92 Å². The number of hydrogen-bond donors (Lipinski definition) is 2. The Morgan fingerprint density at radius 2 is 1.88 bits per heavy atom. The Labute approximate surface area is 200 Å². The molecular weight excluding hydrogens is 434 g/mol. The highest BCUT2D eigenvalue weighted by Crippen LogP contribution is 2.32. The molecule has 5 rings (SSSR count). The first-order valence-electron chi connectivity index (χ1n) is 12.7. The van der Waals surface area contributed by atoms with Crippen molar-refractivity contribution >= 4 is 17.7 Å². The van der Waals surface area contributed by atoms with Crippen LogP contribution in [0.4, 0.5) is 0 Å². The van der Waals surface area contributed by atoms with Gasteiger partial charge in [0.1, 0.15) is 17.9 Å². The molecule has 0 aromatic heterocycles. The molecule has 0 bridgehead atoms. The summed E-state index contributed by atoms with van der Waals surface area (Å²) in [5.41, 5.74) is 1.49. The van der Waals surface area contributed by atoms with Gasteiger partial charge in [-0.3, -0.25) is 19.7 Å². The molecule has 0 spiro atoms. The van der Waals surface area contributed by atoms with Crippen molar-refractivity contribution in [3.63, 3.8) is 0 Å². The van der Waals surface area contributed by atoms with E-state index in [0.717, 1.165) is 50.0 Å². The van der Waals surface area contributed by atoms with Gasteiger partial charge in [0.05, 0.1) is 6.10 Å². The fourth-order valence-electron chi connectivity index (χ4n) is 5.99. The lowest BCUT2D eigenvalue weighted by Crippen LogP contribution is -2.52. The third-order valence-corrected chi connectivity index (χ3v) is 8.03. The lowest BCUT2D eigenvalue weighted by molar-refractivity contribution is -0.136. The van der Waals surface area contributed by atoms with E-state index < -0.39 is 6.04 Å². The van der Waals surface area contributed by atoms with Gasteiger partial charge >= 0.3 is 0 Å². The van der Waals surface area contributed by atoms with Crippen LogP contribution in [0.1, 0.15) is 73.7 Å². The SMILES string of the molecule is CO[C@H]1CC[C@H](CN[C@@H]2CCC[C@H]2Oc2ccc3c(c2)CN(C2CCC(=O)NC2=O)C3=O)CC1.